The summed E-state index contributed by atoms with van der Waals surface area (Å²) in [4.78, 5) is 0. The molecule has 2 N–H and O–H groups in total. The Morgan fingerprint density at radius 3 is 1.12 bits per heavy atom. The van der Waals surface area contributed by atoms with Crippen LogP contribution in [0.2, 0.25) is 20.1 Å². The number of benzene rings is 2. The van der Waals surface area contributed by atoms with Crippen LogP contribution in [0.3, 0.4) is 0 Å². The maximum atomic E-state index is 6.48. The van der Waals surface area contributed by atoms with Crippen LogP contribution in [-0.4, -0.2) is 28.3 Å². The first kappa shape index (κ1) is 21.4. The van der Waals surface area contributed by atoms with Gasteiger partial charge >= 0.3 is 0 Å². The molecule has 142 valence electrons. The lowest BCUT2D eigenvalue weighted by Gasteiger charge is -2.30. The number of nitrogens with one attached hydrogen (secondary N) is 2. The zero-order valence-electron chi connectivity index (χ0n) is 14.8. The Kier molecular flexibility index (Phi) is 7.71. The van der Waals surface area contributed by atoms with Gasteiger partial charge in [0, 0.05) is 11.1 Å². The van der Waals surface area contributed by atoms with Crippen molar-refractivity contribution in [3.63, 3.8) is 0 Å². The van der Waals surface area contributed by atoms with E-state index in [-0.39, 0.29) is 12.1 Å². The fraction of sp³-hybridized carbons (Fsp3) is 0.333. The minimum atomic E-state index is -0.297. The first-order valence-corrected chi connectivity index (χ1v) is 9.29. The Morgan fingerprint density at radius 1 is 0.654 bits per heavy atom. The molecule has 0 saturated heterocycles. The van der Waals surface area contributed by atoms with Crippen molar-refractivity contribution in [2.24, 2.45) is 0 Å². The lowest BCUT2D eigenvalue weighted by Crippen LogP contribution is -2.32. The van der Waals surface area contributed by atoms with Crippen molar-refractivity contribution in [1.29, 1.82) is 0 Å². The topological polar surface area (TPSA) is 42.5 Å². The van der Waals surface area contributed by atoms with E-state index in [4.69, 9.17) is 55.9 Å². The minimum absolute atomic E-state index is 0.297. The summed E-state index contributed by atoms with van der Waals surface area (Å²) in [5.41, 5.74) is 1.44. The summed E-state index contributed by atoms with van der Waals surface area (Å²) in [5.74, 6) is 1.17. The maximum absolute atomic E-state index is 6.48. The van der Waals surface area contributed by atoms with Gasteiger partial charge in [0.15, 0.2) is 0 Å². The summed E-state index contributed by atoms with van der Waals surface area (Å²) in [5, 5.41) is 8.42. The summed E-state index contributed by atoms with van der Waals surface area (Å²) >= 11 is 25.9. The van der Waals surface area contributed by atoms with Crippen molar-refractivity contribution >= 4 is 46.4 Å². The van der Waals surface area contributed by atoms with Gasteiger partial charge in [-0.05, 0) is 38.4 Å². The molecular formula is C18H20Cl4N2O2. The number of ether oxygens (including phenoxy) is 2. The Balaban J connectivity index is 2.59. The van der Waals surface area contributed by atoms with Crippen LogP contribution in [0.5, 0.6) is 11.5 Å². The first-order valence-electron chi connectivity index (χ1n) is 7.78. The minimum Gasteiger partial charge on any atom is -0.497 e. The molecular weight excluding hydrogens is 418 g/mol. The molecule has 0 amide bonds. The Morgan fingerprint density at radius 2 is 0.923 bits per heavy atom. The van der Waals surface area contributed by atoms with Gasteiger partial charge in [-0.2, -0.15) is 0 Å². The van der Waals surface area contributed by atoms with E-state index in [9.17, 15) is 0 Å². The summed E-state index contributed by atoms with van der Waals surface area (Å²) in [6, 6.07) is 6.28. The molecule has 0 unspecified atom stereocenters. The van der Waals surface area contributed by atoms with Crippen molar-refractivity contribution in [3.8, 4) is 11.5 Å². The van der Waals surface area contributed by atoms with Gasteiger partial charge in [0.1, 0.15) is 11.5 Å². The van der Waals surface area contributed by atoms with E-state index in [0.717, 1.165) is 11.1 Å². The van der Waals surface area contributed by atoms with Gasteiger partial charge in [-0.3, -0.25) is 0 Å². The monoisotopic (exact) mass is 436 g/mol. The highest BCUT2D eigenvalue weighted by molar-refractivity contribution is 6.37. The van der Waals surface area contributed by atoms with Crippen LogP contribution in [0.15, 0.2) is 24.3 Å². The number of rotatable bonds is 7. The van der Waals surface area contributed by atoms with E-state index in [2.05, 4.69) is 10.6 Å². The second kappa shape index (κ2) is 9.36. The third-order valence-corrected chi connectivity index (χ3v) is 5.40. The largest absolute Gasteiger partial charge is 0.497 e. The smallest absolute Gasteiger partial charge is 0.121 e. The van der Waals surface area contributed by atoms with Crippen LogP contribution in [0.25, 0.3) is 0 Å². The number of methoxy groups -OCH3 is 2. The Hall–Kier alpha value is -0.880. The zero-order valence-corrected chi connectivity index (χ0v) is 17.8. The van der Waals surface area contributed by atoms with Crippen LogP contribution < -0.4 is 20.1 Å². The highest BCUT2D eigenvalue weighted by atomic mass is 35.5. The molecule has 0 saturated carbocycles. The molecule has 0 heterocycles. The molecule has 0 aromatic heterocycles. The highest BCUT2D eigenvalue weighted by Gasteiger charge is 2.30. The summed E-state index contributed by atoms with van der Waals surface area (Å²) in [6.45, 7) is 0. The van der Waals surface area contributed by atoms with Gasteiger partial charge in [0.25, 0.3) is 0 Å². The van der Waals surface area contributed by atoms with Crippen LogP contribution in [0.1, 0.15) is 23.2 Å². The number of hydrogen-bond acceptors (Lipinski definition) is 4. The average Bonchev–Trinajstić information content (AvgIpc) is 2.61. The van der Waals surface area contributed by atoms with Gasteiger partial charge < -0.3 is 20.1 Å². The van der Waals surface area contributed by atoms with Crippen LogP contribution >= 0.6 is 46.4 Å². The number of likely N-dealkylation sites (N-methyl/N-ethyl adjacent to an activating group) is 2. The standard InChI is InChI=1S/C18H20Cl4N2O2/c1-23-17(15-11(19)5-9(25-3)6-12(15)20)18(24-2)16-13(21)7-10(26-4)8-14(16)22/h5-8,17-18,23-24H,1-4H3/t17-,18+. The normalized spacial score (nSPS) is 13.4. The van der Waals surface area contributed by atoms with Gasteiger partial charge in [-0.25, -0.2) is 0 Å². The van der Waals surface area contributed by atoms with Crippen molar-refractivity contribution in [3.05, 3.63) is 55.5 Å². The zero-order chi connectivity index (χ0) is 19.4. The summed E-state index contributed by atoms with van der Waals surface area (Å²) < 4.78 is 10.4. The molecule has 0 aliphatic rings. The van der Waals surface area contributed by atoms with Gasteiger partial charge in [0.2, 0.25) is 0 Å². The molecule has 2 aromatic carbocycles. The average molecular weight is 438 g/mol. The quantitative estimate of drug-likeness (QED) is 0.596. The SMILES string of the molecule is CN[C@H](c1c(Cl)cc(OC)cc1Cl)[C@@H](NC)c1c(Cl)cc(OC)cc1Cl. The lowest BCUT2D eigenvalue weighted by molar-refractivity contribution is 0.409. The predicted molar refractivity (Wildman–Crippen MR) is 110 cm³/mol. The third-order valence-electron chi connectivity index (χ3n) is 4.15. The van der Waals surface area contributed by atoms with Crippen LogP contribution in [-0.2, 0) is 0 Å². The van der Waals surface area contributed by atoms with Gasteiger partial charge in [-0.15, -0.1) is 0 Å². The van der Waals surface area contributed by atoms with Crippen molar-refractivity contribution in [2.75, 3.05) is 28.3 Å². The molecule has 8 heteroatoms. The predicted octanol–water partition coefficient (Wildman–Crippen LogP) is 5.54. The maximum Gasteiger partial charge on any atom is 0.121 e. The van der Waals surface area contributed by atoms with Crippen molar-refractivity contribution < 1.29 is 9.47 Å². The second-order valence-electron chi connectivity index (χ2n) is 5.54. The van der Waals surface area contributed by atoms with E-state index < -0.39 is 0 Å². The van der Waals surface area contributed by atoms with E-state index in [1.807, 2.05) is 14.1 Å². The van der Waals surface area contributed by atoms with E-state index in [1.165, 1.54) is 0 Å². The fourth-order valence-corrected chi connectivity index (χ4v) is 4.31. The van der Waals surface area contributed by atoms with E-state index in [1.54, 1.807) is 38.5 Å². The number of halogens is 4. The van der Waals surface area contributed by atoms with Crippen LogP contribution in [0.4, 0.5) is 0 Å². The molecule has 0 bridgehead atoms. The lowest BCUT2D eigenvalue weighted by atomic mass is 9.93. The molecule has 0 aliphatic heterocycles. The molecule has 0 radical (unpaired) electrons. The molecule has 0 aliphatic carbocycles. The summed E-state index contributed by atoms with van der Waals surface area (Å²) in [6.07, 6.45) is 0. The molecule has 2 aromatic rings. The molecule has 0 fully saturated rings. The fourth-order valence-electron chi connectivity index (χ4n) is 2.91. The highest BCUT2D eigenvalue weighted by Crippen LogP contribution is 2.43. The Bertz CT molecular complexity index is 674. The van der Waals surface area contributed by atoms with E-state index >= 15 is 0 Å². The second-order valence-corrected chi connectivity index (χ2v) is 7.17. The summed E-state index contributed by atoms with van der Waals surface area (Å²) in [7, 11) is 6.75. The molecule has 0 spiro atoms. The third kappa shape index (κ3) is 4.33. The molecule has 2 atom stereocenters. The van der Waals surface area contributed by atoms with E-state index in [0.29, 0.717) is 31.6 Å². The number of hydrogen-bond donors (Lipinski definition) is 2. The molecule has 2 rings (SSSR count). The van der Waals surface area contributed by atoms with Crippen LogP contribution in [0, 0.1) is 0 Å². The molecule has 26 heavy (non-hydrogen) atoms. The Labute approximate surface area is 173 Å². The van der Waals surface area contributed by atoms with Gasteiger partial charge in [0.05, 0.1) is 46.4 Å². The van der Waals surface area contributed by atoms with Crippen molar-refractivity contribution in [2.45, 2.75) is 12.1 Å². The van der Waals surface area contributed by atoms with Gasteiger partial charge in [-0.1, -0.05) is 46.4 Å². The van der Waals surface area contributed by atoms with Crippen molar-refractivity contribution in [1.82, 2.24) is 10.6 Å². The molecule has 4 nitrogen and oxygen atoms in total. The first-order chi connectivity index (χ1) is 12.4.